The number of carboxylic acid groups (broad SMARTS) is 1. The van der Waals surface area contributed by atoms with Crippen LogP contribution in [0.5, 0.6) is 0 Å². The predicted octanol–water partition coefficient (Wildman–Crippen LogP) is -0.723. The molecule has 0 spiro atoms. The summed E-state index contributed by atoms with van der Waals surface area (Å²) in [6.07, 6.45) is 2.27. The van der Waals surface area contributed by atoms with Gasteiger partial charge in [0.15, 0.2) is 0 Å². The van der Waals surface area contributed by atoms with E-state index in [1.165, 1.54) is 0 Å². The lowest BCUT2D eigenvalue weighted by atomic mass is 9.81. The number of hydrogen-bond donors (Lipinski definition) is 4. The van der Waals surface area contributed by atoms with Crippen molar-refractivity contribution < 1.29 is 15.0 Å². The fraction of sp³-hybridized carbons (Fsp3) is 0.889. The minimum atomic E-state index is -1.17. The quantitative estimate of drug-likeness (QED) is 0.482. The standard InChI is InChI=1S/C9H18N2O3/c10-6-3-1-5(2-4-6)8(12)7(11)9(13)14/h5-8,12H,1-4,10-11H2,(H,13,14). The van der Waals surface area contributed by atoms with Crippen LogP contribution in [0.2, 0.25) is 0 Å². The van der Waals surface area contributed by atoms with Crippen molar-refractivity contribution in [2.24, 2.45) is 17.4 Å². The van der Waals surface area contributed by atoms with E-state index in [0.717, 1.165) is 25.7 Å². The number of aliphatic hydroxyl groups excluding tert-OH is 1. The molecule has 2 atom stereocenters. The maximum absolute atomic E-state index is 10.5. The highest BCUT2D eigenvalue weighted by Crippen LogP contribution is 2.26. The summed E-state index contributed by atoms with van der Waals surface area (Å²) in [5.41, 5.74) is 11.0. The van der Waals surface area contributed by atoms with Crippen LogP contribution in [-0.2, 0) is 4.79 Å². The first-order valence-electron chi connectivity index (χ1n) is 4.94. The molecule has 0 saturated heterocycles. The summed E-state index contributed by atoms with van der Waals surface area (Å²) in [6.45, 7) is 0. The lowest BCUT2D eigenvalue weighted by Gasteiger charge is -2.31. The first kappa shape index (κ1) is 11.4. The molecular weight excluding hydrogens is 184 g/mol. The summed E-state index contributed by atoms with van der Waals surface area (Å²) in [5.74, 6) is -1.16. The SMILES string of the molecule is NC1CCC(C(O)C(N)C(=O)O)CC1. The average molecular weight is 202 g/mol. The van der Waals surface area contributed by atoms with Crippen molar-refractivity contribution in [3.63, 3.8) is 0 Å². The zero-order valence-electron chi connectivity index (χ0n) is 8.10. The Morgan fingerprint density at radius 2 is 1.79 bits per heavy atom. The Hall–Kier alpha value is -0.650. The molecule has 1 aliphatic rings. The van der Waals surface area contributed by atoms with Gasteiger partial charge in [-0.3, -0.25) is 4.79 Å². The van der Waals surface area contributed by atoms with Gasteiger partial charge in [0.25, 0.3) is 0 Å². The average Bonchev–Trinajstić information content (AvgIpc) is 2.16. The first-order valence-corrected chi connectivity index (χ1v) is 4.94. The van der Waals surface area contributed by atoms with Gasteiger partial charge in [0.2, 0.25) is 0 Å². The highest BCUT2D eigenvalue weighted by Gasteiger charge is 2.32. The molecule has 1 aliphatic carbocycles. The number of aliphatic carboxylic acids is 1. The number of carbonyl (C=O) groups is 1. The monoisotopic (exact) mass is 202 g/mol. The number of nitrogens with two attached hydrogens (primary N) is 2. The summed E-state index contributed by atoms with van der Waals surface area (Å²) in [6, 6.07) is -0.978. The molecule has 0 radical (unpaired) electrons. The van der Waals surface area contributed by atoms with Gasteiger partial charge in [-0.05, 0) is 31.6 Å². The Morgan fingerprint density at radius 3 is 2.21 bits per heavy atom. The Bertz CT molecular complexity index is 202. The van der Waals surface area contributed by atoms with Gasteiger partial charge in [0.05, 0.1) is 6.10 Å². The van der Waals surface area contributed by atoms with Crippen molar-refractivity contribution in [2.45, 2.75) is 43.9 Å². The molecule has 1 fully saturated rings. The largest absolute Gasteiger partial charge is 0.480 e. The summed E-state index contributed by atoms with van der Waals surface area (Å²) in [7, 11) is 0. The van der Waals surface area contributed by atoms with Crippen LogP contribution in [0, 0.1) is 5.92 Å². The van der Waals surface area contributed by atoms with E-state index in [9.17, 15) is 9.90 Å². The predicted molar refractivity (Wildman–Crippen MR) is 51.6 cm³/mol. The molecule has 0 amide bonds. The molecule has 0 heterocycles. The molecule has 5 nitrogen and oxygen atoms in total. The molecule has 2 unspecified atom stereocenters. The molecule has 0 aromatic heterocycles. The van der Waals surface area contributed by atoms with Crippen molar-refractivity contribution in [3.8, 4) is 0 Å². The van der Waals surface area contributed by atoms with Gasteiger partial charge >= 0.3 is 5.97 Å². The summed E-state index contributed by atoms with van der Waals surface area (Å²) >= 11 is 0. The van der Waals surface area contributed by atoms with Crippen LogP contribution in [0.1, 0.15) is 25.7 Å². The van der Waals surface area contributed by atoms with E-state index in [2.05, 4.69) is 0 Å². The van der Waals surface area contributed by atoms with Gasteiger partial charge < -0.3 is 21.7 Å². The van der Waals surface area contributed by atoms with E-state index in [1.54, 1.807) is 0 Å². The van der Waals surface area contributed by atoms with Gasteiger partial charge in [0, 0.05) is 6.04 Å². The van der Waals surface area contributed by atoms with Crippen molar-refractivity contribution in [1.29, 1.82) is 0 Å². The van der Waals surface area contributed by atoms with E-state index >= 15 is 0 Å². The first-order chi connectivity index (χ1) is 6.52. The maximum Gasteiger partial charge on any atom is 0.323 e. The normalized spacial score (nSPS) is 32.2. The second-order valence-corrected chi connectivity index (χ2v) is 4.03. The van der Waals surface area contributed by atoms with E-state index < -0.39 is 18.1 Å². The van der Waals surface area contributed by atoms with E-state index in [4.69, 9.17) is 16.6 Å². The lowest BCUT2D eigenvalue weighted by molar-refractivity contribution is -0.142. The van der Waals surface area contributed by atoms with Gasteiger partial charge in [-0.15, -0.1) is 0 Å². The van der Waals surface area contributed by atoms with Crippen LogP contribution in [0.25, 0.3) is 0 Å². The highest BCUT2D eigenvalue weighted by molar-refractivity contribution is 5.73. The molecule has 0 aromatic carbocycles. The van der Waals surface area contributed by atoms with Crippen molar-refractivity contribution in [3.05, 3.63) is 0 Å². The molecule has 14 heavy (non-hydrogen) atoms. The Labute approximate surface area is 83.1 Å². The number of rotatable bonds is 3. The number of aliphatic hydroxyl groups is 1. The Morgan fingerprint density at radius 1 is 1.29 bits per heavy atom. The van der Waals surface area contributed by atoms with E-state index in [0.29, 0.717) is 0 Å². The van der Waals surface area contributed by atoms with Crippen LogP contribution in [0.3, 0.4) is 0 Å². The highest BCUT2D eigenvalue weighted by atomic mass is 16.4. The van der Waals surface area contributed by atoms with E-state index in [1.807, 2.05) is 0 Å². The van der Waals surface area contributed by atoms with Crippen LogP contribution in [-0.4, -0.2) is 34.4 Å². The molecule has 1 saturated carbocycles. The van der Waals surface area contributed by atoms with Crippen LogP contribution in [0.4, 0.5) is 0 Å². The van der Waals surface area contributed by atoms with Gasteiger partial charge in [0.1, 0.15) is 6.04 Å². The third-order valence-electron chi connectivity index (χ3n) is 2.95. The Balaban J connectivity index is 2.45. The molecule has 0 aliphatic heterocycles. The van der Waals surface area contributed by atoms with Gasteiger partial charge in [-0.25, -0.2) is 0 Å². The summed E-state index contributed by atoms with van der Waals surface area (Å²) < 4.78 is 0. The molecule has 6 N–H and O–H groups in total. The van der Waals surface area contributed by atoms with Crippen LogP contribution in [0.15, 0.2) is 0 Å². The topological polar surface area (TPSA) is 110 Å². The fourth-order valence-electron chi connectivity index (χ4n) is 1.93. The zero-order valence-corrected chi connectivity index (χ0v) is 8.10. The molecule has 5 heteroatoms. The third kappa shape index (κ3) is 2.67. The minimum absolute atomic E-state index is 0.0131. The summed E-state index contributed by atoms with van der Waals surface area (Å²) in [5, 5.41) is 18.3. The van der Waals surface area contributed by atoms with E-state index in [-0.39, 0.29) is 12.0 Å². The van der Waals surface area contributed by atoms with Crippen molar-refractivity contribution in [2.75, 3.05) is 0 Å². The van der Waals surface area contributed by atoms with Crippen molar-refractivity contribution in [1.82, 2.24) is 0 Å². The molecule has 82 valence electrons. The van der Waals surface area contributed by atoms with Gasteiger partial charge in [-0.2, -0.15) is 0 Å². The lowest BCUT2D eigenvalue weighted by Crippen LogP contribution is -2.47. The van der Waals surface area contributed by atoms with Gasteiger partial charge in [-0.1, -0.05) is 0 Å². The number of carboxylic acids is 1. The summed E-state index contributed by atoms with van der Waals surface area (Å²) in [4.78, 5) is 10.5. The molecular formula is C9H18N2O3. The Kier molecular flexibility index (Phi) is 3.86. The van der Waals surface area contributed by atoms with Crippen LogP contribution >= 0.6 is 0 Å². The van der Waals surface area contributed by atoms with Crippen molar-refractivity contribution >= 4 is 5.97 Å². The fourth-order valence-corrected chi connectivity index (χ4v) is 1.93. The minimum Gasteiger partial charge on any atom is -0.480 e. The third-order valence-corrected chi connectivity index (χ3v) is 2.95. The second kappa shape index (κ2) is 4.72. The smallest absolute Gasteiger partial charge is 0.323 e. The zero-order chi connectivity index (χ0) is 10.7. The van der Waals surface area contributed by atoms with Crippen LogP contribution < -0.4 is 11.5 Å². The molecule has 0 aromatic rings. The maximum atomic E-state index is 10.5. The molecule has 1 rings (SSSR count). The molecule has 0 bridgehead atoms. The number of hydrogen-bond acceptors (Lipinski definition) is 4. The second-order valence-electron chi connectivity index (χ2n) is 4.03.